The molecule has 3 fully saturated rings. The van der Waals surface area contributed by atoms with Crippen LogP contribution < -0.4 is 5.73 Å². The second-order valence-corrected chi connectivity index (χ2v) is 12.4. The van der Waals surface area contributed by atoms with Gasteiger partial charge in [-0.1, -0.05) is 0 Å². The van der Waals surface area contributed by atoms with Crippen molar-refractivity contribution < 1.29 is 38.1 Å². The van der Waals surface area contributed by atoms with Crippen molar-refractivity contribution in [2.75, 3.05) is 59.0 Å². The van der Waals surface area contributed by atoms with Crippen molar-refractivity contribution in [3.8, 4) is 0 Å². The maximum atomic E-state index is 12.8. The van der Waals surface area contributed by atoms with Crippen LogP contribution in [0.3, 0.4) is 0 Å². The molecule has 13 nitrogen and oxygen atoms in total. The minimum atomic E-state index is -0.876. The molecule has 3 heterocycles. The van der Waals surface area contributed by atoms with E-state index in [1.807, 2.05) is 4.90 Å². The normalized spacial score (nSPS) is 22.1. The number of guanidine groups is 1. The number of aliphatic imine (C=N–C) groups is 1. The SMILES string of the molecule is CCOC(=O)CC1(C(=O)OCC)CCN(CC2CN(CCC3CCN(C(N)=NC(=O)OC(C)(C)C)CC3)C(=O)O2)CC1. The summed E-state index contributed by atoms with van der Waals surface area (Å²) in [7, 11) is 0. The maximum Gasteiger partial charge on any atom is 0.437 e. The zero-order chi connectivity index (χ0) is 30.9. The van der Waals surface area contributed by atoms with Crippen LogP contribution in [0.4, 0.5) is 9.59 Å². The lowest BCUT2D eigenvalue weighted by molar-refractivity contribution is -0.165. The van der Waals surface area contributed by atoms with E-state index in [-0.39, 0.29) is 49.7 Å². The van der Waals surface area contributed by atoms with Crippen LogP contribution in [0.25, 0.3) is 0 Å². The average molecular weight is 596 g/mol. The first-order chi connectivity index (χ1) is 19.8. The summed E-state index contributed by atoms with van der Waals surface area (Å²) >= 11 is 0. The van der Waals surface area contributed by atoms with E-state index in [2.05, 4.69) is 9.89 Å². The summed E-state index contributed by atoms with van der Waals surface area (Å²) in [6, 6.07) is 0. The summed E-state index contributed by atoms with van der Waals surface area (Å²) in [5.41, 5.74) is 4.53. The number of rotatable bonds is 10. The molecule has 2 amide bonds. The van der Waals surface area contributed by atoms with Crippen molar-refractivity contribution in [3.63, 3.8) is 0 Å². The van der Waals surface area contributed by atoms with Gasteiger partial charge in [-0.25, -0.2) is 9.59 Å². The van der Waals surface area contributed by atoms with E-state index in [1.54, 1.807) is 39.5 Å². The average Bonchev–Trinajstić information content (AvgIpc) is 3.26. The van der Waals surface area contributed by atoms with Gasteiger partial charge in [-0.05, 0) is 85.7 Å². The molecule has 1 atom stereocenters. The summed E-state index contributed by atoms with van der Waals surface area (Å²) < 4.78 is 21.3. The molecule has 13 heteroatoms. The number of amides is 2. The predicted molar refractivity (Wildman–Crippen MR) is 155 cm³/mol. The number of ether oxygens (including phenoxy) is 4. The van der Waals surface area contributed by atoms with Crippen molar-refractivity contribution in [2.45, 2.75) is 84.8 Å². The number of hydrogen-bond acceptors (Lipinski definition) is 9. The smallest absolute Gasteiger partial charge is 0.437 e. The summed E-state index contributed by atoms with van der Waals surface area (Å²) in [6.45, 7) is 13.7. The Bertz CT molecular complexity index is 981. The van der Waals surface area contributed by atoms with Gasteiger partial charge in [0.25, 0.3) is 0 Å². The zero-order valence-electron chi connectivity index (χ0n) is 25.9. The van der Waals surface area contributed by atoms with Gasteiger partial charge >= 0.3 is 24.1 Å². The highest BCUT2D eigenvalue weighted by Gasteiger charge is 2.45. The number of cyclic esters (lactones) is 1. The Morgan fingerprint density at radius 3 is 2.29 bits per heavy atom. The summed E-state index contributed by atoms with van der Waals surface area (Å²) in [5, 5.41) is 0. The highest BCUT2D eigenvalue weighted by molar-refractivity contribution is 5.89. The second-order valence-electron chi connectivity index (χ2n) is 12.4. The van der Waals surface area contributed by atoms with Crippen LogP contribution >= 0.6 is 0 Å². The molecule has 1 unspecified atom stereocenters. The number of nitrogens with zero attached hydrogens (tertiary/aromatic N) is 4. The van der Waals surface area contributed by atoms with Crippen molar-refractivity contribution in [1.82, 2.24) is 14.7 Å². The van der Waals surface area contributed by atoms with Crippen LogP contribution in [0.2, 0.25) is 0 Å². The standard InChI is InChI=1S/C29H49N5O8/c1-6-39-23(35)18-29(24(36)40-7-2)11-16-32(17-12-29)19-22-20-34(27(38)41-22)15-10-21-8-13-33(14-9-21)25(30)31-26(37)42-28(3,4)5/h21-22H,6-20H2,1-5H3,(H2,30,31,37). The molecule has 3 aliphatic rings. The van der Waals surface area contributed by atoms with Gasteiger partial charge in [0.05, 0.1) is 31.6 Å². The van der Waals surface area contributed by atoms with Crippen molar-refractivity contribution in [1.29, 1.82) is 0 Å². The molecule has 0 saturated carbocycles. The molecule has 2 N–H and O–H groups in total. The molecule has 0 aromatic carbocycles. The molecule has 0 bridgehead atoms. The van der Waals surface area contributed by atoms with E-state index in [0.29, 0.717) is 64.6 Å². The van der Waals surface area contributed by atoms with Gasteiger partial charge in [-0.3, -0.25) is 14.5 Å². The first kappa shape index (κ1) is 33.4. The first-order valence-corrected chi connectivity index (χ1v) is 15.2. The minimum Gasteiger partial charge on any atom is -0.466 e. The lowest BCUT2D eigenvalue weighted by Gasteiger charge is -2.39. The summed E-state index contributed by atoms with van der Waals surface area (Å²) in [5.74, 6) is -0.130. The van der Waals surface area contributed by atoms with Crippen LogP contribution in [0.15, 0.2) is 4.99 Å². The monoisotopic (exact) mass is 595 g/mol. The van der Waals surface area contributed by atoms with Crippen LogP contribution in [0, 0.1) is 11.3 Å². The molecule has 3 aliphatic heterocycles. The van der Waals surface area contributed by atoms with Crippen LogP contribution in [-0.4, -0.2) is 116 Å². The quantitative estimate of drug-likeness (QED) is 0.172. The highest BCUT2D eigenvalue weighted by Crippen LogP contribution is 2.37. The highest BCUT2D eigenvalue weighted by atomic mass is 16.6. The summed E-state index contributed by atoms with van der Waals surface area (Å²) in [6.07, 6.45) is 2.39. The number of carbonyl (C=O) groups excluding carboxylic acids is 4. The molecule has 0 spiro atoms. The van der Waals surface area contributed by atoms with Crippen LogP contribution in [0.5, 0.6) is 0 Å². The Morgan fingerprint density at radius 1 is 1.05 bits per heavy atom. The van der Waals surface area contributed by atoms with Crippen molar-refractivity contribution >= 4 is 30.1 Å². The molecule has 0 aromatic rings. The number of hydrogen-bond donors (Lipinski definition) is 1. The largest absolute Gasteiger partial charge is 0.466 e. The molecule has 0 aliphatic carbocycles. The lowest BCUT2D eigenvalue weighted by Crippen LogP contribution is -2.48. The Labute approximate surface area is 249 Å². The topological polar surface area (TPSA) is 153 Å². The minimum absolute atomic E-state index is 0.0156. The third-order valence-corrected chi connectivity index (χ3v) is 8.07. The molecule has 3 saturated heterocycles. The third kappa shape index (κ3) is 9.74. The second kappa shape index (κ2) is 14.9. The Balaban J connectivity index is 1.41. The Kier molecular flexibility index (Phi) is 11.8. The molecule has 0 radical (unpaired) electrons. The molecular formula is C29H49N5O8. The van der Waals surface area contributed by atoms with Crippen LogP contribution in [0.1, 0.15) is 73.1 Å². The third-order valence-electron chi connectivity index (χ3n) is 8.07. The van der Waals surface area contributed by atoms with E-state index in [9.17, 15) is 19.2 Å². The van der Waals surface area contributed by atoms with E-state index in [4.69, 9.17) is 24.7 Å². The maximum absolute atomic E-state index is 12.8. The number of nitrogens with two attached hydrogens (primary N) is 1. The van der Waals surface area contributed by atoms with Gasteiger partial charge in [-0.15, -0.1) is 4.99 Å². The lowest BCUT2D eigenvalue weighted by atomic mass is 9.75. The fraction of sp³-hybridized carbons (Fsp3) is 0.828. The zero-order valence-corrected chi connectivity index (χ0v) is 25.9. The van der Waals surface area contributed by atoms with E-state index < -0.39 is 17.1 Å². The fourth-order valence-corrected chi connectivity index (χ4v) is 5.77. The Morgan fingerprint density at radius 2 is 1.69 bits per heavy atom. The molecule has 0 aromatic heterocycles. The number of carbonyl (C=O) groups is 4. The first-order valence-electron chi connectivity index (χ1n) is 15.2. The van der Waals surface area contributed by atoms with Gasteiger partial charge < -0.3 is 34.5 Å². The van der Waals surface area contributed by atoms with E-state index in [1.165, 1.54) is 0 Å². The van der Waals surface area contributed by atoms with Crippen molar-refractivity contribution in [3.05, 3.63) is 0 Å². The molecular weight excluding hydrogens is 546 g/mol. The van der Waals surface area contributed by atoms with Gasteiger partial charge in [0.15, 0.2) is 0 Å². The number of likely N-dealkylation sites (tertiary alicyclic amines) is 2. The molecule has 42 heavy (non-hydrogen) atoms. The van der Waals surface area contributed by atoms with E-state index >= 15 is 0 Å². The molecule has 3 rings (SSSR count). The van der Waals surface area contributed by atoms with E-state index in [0.717, 1.165) is 19.3 Å². The van der Waals surface area contributed by atoms with Gasteiger partial charge in [0, 0.05) is 26.2 Å². The Hall–Kier alpha value is -3.09. The number of piperidine rings is 2. The van der Waals surface area contributed by atoms with Gasteiger partial charge in [0.1, 0.15) is 11.7 Å². The predicted octanol–water partition coefficient (Wildman–Crippen LogP) is 2.76. The number of esters is 2. The van der Waals surface area contributed by atoms with Crippen LogP contribution in [-0.2, 0) is 28.5 Å². The summed E-state index contributed by atoms with van der Waals surface area (Å²) in [4.78, 5) is 59.2. The van der Waals surface area contributed by atoms with Gasteiger partial charge in [0.2, 0.25) is 5.96 Å². The van der Waals surface area contributed by atoms with Crippen molar-refractivity contribution in [2.24, 2.45) is 22.1 Å². The fourth-order valence-electron chi connectivity index (χ4n) is 5.77. The molecule has 238 valence electrons. The van der Waals surface area contributed by atoms with Gasteiger partial charge in [-0.2, -0.15) is 0 Å².